The molecule has 1 atom stereocenters. The minimum Gasteiger partial charge on any atom is -0.317 e. The average Bonchev–Trinajstić information content (AvgIpc) is 2.48. The number of aryl methyl sites for hydroxylation is 1. The summed E-state index contributed by atoms with van der Waals surface area (Å²) in [5.41, 5.74) is 1.91. The normalized spacial score (nSPS) is 12.3. The van der Waals surface area contributed by atoms with Gasteiger partial charge in [-0.25, -0.2) is 4.39 Å². The summed E-state index contributed by atoms with van der Waals surface area (Å²) < 4.78 is 13.3. The number of aromatic nitrogens is 1. The van der Waals surface area contributed by atoms with Crippen molar-refractivity contribution >= 4 is 11.6 Å². The number of hydrogen-bond donors (Lipinski definition) is 1. The predicted molar refractivity (Wildman–Crippen MR) is 80.5 cm³/mol. The van der Waals surface area contributed by atoms with E-state index in [1.165, 1.54) is 12.1 Å². The SMILES string of the molecule is CNC(CCc1ccccn1)Cc1cc(F)ccc1Cl. The first-order valence-corrected chi connectivity index (χ1v) is 7.08. The monoisotopic (exact) mass is 292 g/mol. The molecule has 0 fully saturated rings. The highest BCUT2D eigenvalue weighted by atomic mass is 35.5. The Balaban J connectivity index is 1.97. The maximum Gasteiger partial charge on any atom is 0.123 e. The molecule has 0 bridgehead atoms. The van der Waals surface area contributed by atoms with Gasteiger partial charge in [0.1, 0.15) is 5.82 Å². The van der Waals surface area contributed by atoms with Crippen LogP contribution in [0.15, 0.2) is 42.6 Å². The molecule has 1 aromatic carbocycles. The zero-order chi connectivity index (χ0) is 14.4. The minimum atomic E-state index is -0.246. The summed E-state index contributed by atoms with van der Waals surface area (Å²) in [6.45, 7) is 0. The van der Waals surface area contributed by atoms with Crippen molar-refractivity contribution < 1.29 is 4.39 Å². The van der Waals surface area contributed by atoms with Crippen LogP contribution in [0, 0.1) is 5.82 Å². The Bertz CT molecular complexity index is 545. The first-order valence-electron chi connectivity index (χ1n) is 6.70. The van der Waals surface area contributed by atoms with E-state index in [1.54, 1.807) is 12.3 Å². The van der Waals surface area contributed by atoms with Crippen LogP contribution in [0.1, 0.15) is 17.7 Å². The molecule has 0 radical (unpaired) electrons. The second-order valence-corrected chi connectivity index (χ2v) is 5.19. The van der Waals surface area contributed by atoms with Gasteiger partial charge in [-0.15, -0.1) is 0 Å². The largest absolute Gasteiger partial charge is 0.317 e. The summed E-state index contributed by atoms with van der Waals surface area (Å²) in [6.07, 6.45) is 4.33. The Morgan fingerprint density at radius 1 is 1.30 bits per heavy atom. The molecular weight excluding hydrogens is 275 g/mol. The second kappa shape index (κ2) is 7.36. The highest BCUT2D eigenvalue weighted by Gasteiger charge is 2.11. The van der Waals surface area contributed by atoms with Gasteiger partial charge in [-0.05, 0) is 62.2 Å². The Kier molecular flexibility index (Phi) is 5.50. The molecule has 0 spiro atoms. The van der Waals surface area contributed by atoms with Crippen molar-refractivity contribution in [1.82, 2.24) is 10.3 Å². The van der Waals surface area contributed by atoms with Crippen molar-refractivity contribution in [3.63, 3.8) is 0 Å². The molecule has 0 saturated carbocycles. The fourth-order valence-corrected chi connectivity index (χ4v) is 2.38. The lowest BCUT2D eigenvalue weighted by molar-refractivity contribution is 0.515. The van der Waals surface area contributed by atoms with Gasteiger partial charge >= 0.3 is 0 Å². The number of likely N-dealkylation sites (N-methyl/N-ethyl adjacent to an activating group) is 1. The van der Waals surface area contributed by atoms with Crippen LogP contribution < -0.4 is 5.32 Å². The lowest BCUT2D eigenvalue weighted by Gasteiger charge is -2.17. The van der Waals surface area contributed by atoms with Crippen LogP contribution >= 0.6 is 11.6 Å². The van der Waals surface area contributed by atoms with Crippen molar-refractivity contribution in [2.24, 2.45) is 0 Å². The first-order chi connectivity index (χ1) is 9.69. The number of hydrogen-bond acceptors (Lipinski definition) is 2. The third-order valence-electron chi connectivity index (χ3n) is 3.36. The van der Waals surface area contributed by atoms with Gasteiger partial charge in [0, 0.05) is 23.0 Å². The molecule has 1 unspecified atom stereocenters. The molecule has 2 rings (SSSR count). The molecule has 20 heavy (non-hydrogen) atoms. The summed E-state index contributed by atoms with van der Waals surface area (Å²) in [5.74, 6) is -0.246. The number of nitrogens with zero attached hydrogens (tertiary/aromatic N) is 1. The number of halogens is 2. The lowest BCUT2D eigenvalue weighted by Crippen LogP contribution is -2.28. The van der Waals surface area contributed by atoms with Crippen LogP contribution in [-0.4, -0.2) is 18.1 Å². The summed E-state index contributed by atoms with van der Waals surface area (Å²) >= 11 is 6.11. The van der Waals surface area contributed by atoms with Crippen LogP contribution in [0.3, 0.4) is 0 Å². The number of nitrogens with one attached hydrogen (secondary N) is 1. The molecule has 1 N–H and O–H groups in total. The van der Waals surface area contributed by atoms with Crippen molar-refractivity contribution in [3.05, 3.63) is 64.7 Å². The van der Waals surface area contributed by atoms with E-state index in [0.717, 1.165) is 24.1 Å². The fourth-order valence-electron chi connectivity index (χ4n) is 2.18. The van der Waals surface area contributed by atoms with Gasteiger partial charge in [0.25, 0.3) is 0 Å². The number of rotatable bonds is 6. The number of pyridine rings is 1. The summed E-state index contributed by atoms with van der Waals surface area (Å²) in [4.78, 5) is 4.31. The second-order valence-electron chi connectivity index (χ2n) is 4.79. The molecule has 1 aromatic heterocycles. The zero-order valence-electron chi connectivity index (χ0n) is 11.4. The van der Waals surface area contributed by atoms with Crippen LogP contribution in [0.25, 0.3) is 0 Å². The van der Waals surface area contributed by atoms with Crippen LogP contribution in [0.2, 0.25) is 5.02 Å². The quantitative estimate of drug-likeness (QED) is 0.879. The van der Waals surface area contributed by atoms with Gasteiger partial charge in [-0.2, -0.15) is 0 Å². The highest BCUT2D eigenvalue weighted by molar-refractivity contribution is 6.31. The third-order valence-corrected chi connectivity index (χ3v) is 3.73. The van der Waals surface area contributed by atoms with Crippen molar-refractivity contribution in [2.75, 3.05) is 7.05 Å². The molecule has 2 aromatic rings. The number of benzene rings is 1. The maximum atomic E-state index is 13.3. The smallest absolute Gasteiger partial charge is 0.123 e. The van der Waals surface area contributed by atoms with E-state index in [9.17, 15) is 4.39 Å². The maximum absolute atomic E-state index is 13.3. The summed E-state index contributed by atoms with van der Waals surface area (Å²) in [6, 6.07) is 10.7. The molecule has 0 aliphatic heterocycles. The van der Waals surface area contributed by atoms with Crippen LogP contribution in [0.4, 0.5) is 4.39 Å². The fraction of sp³-hybridized carbons (Fsp3) is 0.312. The standard InChI is InChI=1S/C16H18ClFN2/c1-19-15(7-6-14-4-2-3-9-20-14)11-12-10-13(18)5-8-16(12)17/h2-5,8-10,15,19H,6-7,11H2,1H3. The van der Waals surface area contributed by atoms with Gasteiger partial charge in [0.15, 0.2) is 0 Å². The van der Waals surface area contributed by atoms with Crippen molar-refractivity contribution in [3.8, 4) is 0 Å². The molecule has 0 aliphatic carbocycles. The van der Waals surface area contributed by atoms with Crippen molar-refractivity contribution in [1.29, 1.82) is 0 Å². The van der Waals surface area contributed by atoms with E-state index in [4.69, 9.17) is 11.6 Å². The summed E-state index contributed by atoms with van der Waals surface area (Å²) in [5, 5.41) is 3.87. The van der Waals surface area contributed by atoms with Crippen LogP contribution in [-0.2, 0) is 12.8 Å². The Labute approximate surface area is 124 Å². The van der Waals surface area contributed by atoms with E-state index in [0.29, 0.717) is 11.4 Å². The molecule has 0 saturated heterocycles. The molecule has 106 valence electrons. The van der Waals surface area contributed by atoms with Crippen molar-refractivity contribution in [2.45, 2.75) is 25.3 Å². The van der Waals surface area contributed by atoms with E-state index < -0.39 is 0 Å². The van der Waals surface area contributed by atoms with E-state index in [2.05, 4.69) is 10.3 Å². The van der Waals surface area contributed by atoms with Crippen LogP contribution in [0.5, 0.6) is 0 Å². The topological polar surface area (TPSA) is 24.9 Å². The van der Waals surface area contributed by atoms with Gasteiger partial charge in [0.2, 0.25) is 0 Å². The first kappa shape index (κ1) is 14.9. The van der Waals surface area contributed by atoms with E-state index >= 15 is 0 Å². The Morgan fingerprint density at radius 3 is 2.85 bits per heavy atom. The van der Waals surface area contributed by atoms with Gasteiger partial charge in [0.05, 0.1) is 0 Å². The molecule has 0 aliphatic rings. The lowest BCUT2D eigenvalue weighted by atomic mass is 10.0. The third kappa shape index (κ3) is 4.29. The predicted octanol–water partition coefficient (Wildman–Crippen LogP) is 3.64. The zero-order valence-corrected chi connectivity index (χ0v) is 12.2. The molecule has 4 heteroatoms. The van der Waals surface area contributed by atoms with Gasteiger partial charge in [-0.1, -0.05) is 17.7 Å². The molecule has 0 amide bonds. The van der Waals surface area contributed by atoms with E-state index in [1.807, 2.05) is 25.2 Å². The molecular formula is C16H18ClFN2. The van der Waals surface area contributed by atoms with E-state index in [-0.39, 0.29) is 11.9 Å². The minimum absolute atomic E-state index is 0.246. The summed E-state index contributed by atoms with van der Waals surface area (Å²) in [7, 11) is 1.91. The van der Waals surface area contributed by atoms with Gasteiger partial charge in [-0.3, -0.25) is 4.98 Å². The molecule has 2 nitrogen and oxygen atoms in total. The highest BCUT2D eigenvalue weighted by Crippen LogP contribution is 2.19. The molecule has 1 heterocycles. The van der Waals surface area contributed by atoms with Gasteiger partial charge < -0.3 is 5.32 Å². The average molecular weight is 293 g/mol. The Hall–Kier alpha value is -1.45. The Morgan fingerprint density at radius 2 is 2.15 bits per heavy atom.